The Bertz CT molecular complexity index is 2360. The highest BCUT2D eigenvalue weighted by atomic mass is 32.2. The minimum absolute atomic E-state index is 0.00914. The number of aliphatic hydroxyl groups excluding tert-OH is 1. The van der Waals surface area contributed by atoms with Crippen LogP contribution in [0, 0.1) is 13.8 Å². The first-order valence-electron chi connectivity index (χ1n) is 19.0. The molecule has 2 fully saturated rings. The molecule has 11 rings (SSSR count). The van der Waals surface area contributed by atoms with E-state index >= 15 is 0 Å². The maximum Gasteiger partial charge on any atom is 0.308 e. The summed E-state index contributed by atoms with van der Waals surface area (Å²) in [5, 5.41) is 39.1. The molecule has 14 nitrogen and oxygen atoms in total. The van der Waals surface area contributed by atoms with Crippen molar-refractivity contribution in [3.05, 3.63) is 68.9 Å². The number of Topliss-reactive ketones (excluding diaryl/α,β-unsaturated/α-hetero) is 1. The summed E-state index contributed by atoms with van der Waals surface area (Å²) in [6.45, 7) is 5.34. The highest BCUT2D eigenvalue weighted by Gasteiger charge is 2.61. The van der Waals surface area contributed by atoms with E-state index in [0.29, 0.717) is 64.6 Å². The summed E-state index contributed by atoms with van der Waals surface area (Å²) in [5.41, 5.74) is 5.67. The van der Waals surface area contributed by atoms with E-state index in [1.165, 1.54) is 18.7 Å². The number of hydrogen-bond donors (Lipinski definition) is 5. The van der Waals surface area contributed by atoms with Crippen LogP contribution in [0.5, 0.6) is 34.5 Å². The number of ketones is 1. The van der Waals surface area contributed by atoms with Gasteiger partial charge in [-0.1, -0.05) is 6.07 Å². The third-order valence-electron chi connectivity index (χ3n) is 13.0. The van der Waals surface area contributed by atoms with Crippen molar-refractivity contribution in [2.75, 3.05) is 46.5 Å². The first-order valence-corrected chi connectivity index (χ1v) is 20.0. The molecule has 3 aromatic carbocycles. The molecule has 1 spiro atoms. The molecule has 7 aliphatic heterocycles. The van der Waals surface area contributed by atoms with Gasteiger partial charge in [-0.2, -0.15) is 0 Å². The van der Waals surface area contributed by atoms with Gasteiger partial charge in [0.25, 0.3) is 0 Å². The third kappa shape index (κ3) is 4.81. The Morgan fingerprint density at radius 1 is 1.09 bits per heavy atom. The number of fused-ring (bicyclic) bond motifs is 12. The Hall–Kier alpha value is -4.51. The molecule has 1 unspecified atom stereocenters. The number of phenols is 2. The first-order chi connectivity index (χ1) is 26.9. The van der Waals surface area contributed by atoms with Gasteiger partial charge in [-0.3, -0.25) is 24.7 Å². The summed E-state index contributed by atoms with van der Waals surface area (Å²) in [5.74, 6) is 1.43. The van der Waals surface area contributed by atoms with Crippen LogP contribution in [-0.2, 0) is 32.7 Å². The summed E-state index contributed by atoms with van der Waals surface area (Å²) in [4.78, 5) is 35.6. The molecule has 0 radical (unpaired) electrons. The molecule has 2 saturated heterocycles. The first kappa shape index (κ1) is 35.9. The van der Waals surface area contributed by atoms with Crippen LogP contribution < -0.4 is 24.3 Å². The fraction of sp³-hybridized carbons (Fsp3) is 0.463. The normalized spacial score (nSPS) is 29.4. The number of carbonyl (C=O) groups is 2. The number of likely N-dealkylation sites (N-methyl/N-ethyl adjacent to an activating group) is 1. The predicted molar refractivity (Wildman–Crippen MR) is 205 cm³/mol. The number of aromatic amines is 1. The largest absolute Gasteiger partial charge is 0.508 e. The zero-order chi connectivity index (χ0) is 38.9. The van der Waals surface area contributed by atoms with Gasteiger partial charge in [0.2, 0.25) is 6.79 Å². The van der Waals surface area contributed by atoms with Crippen LogP contribution in [0.25, 0.3) is 10.9 Å². The molecule has 294 valence electrons. The molecule has 7 aliphatic rings. The van der Waals surface area contributed by atoms with Gasteiger partial charge >= 0.3 is 5.97 Å². The number of aromatic hydroxyl groups is 2. The van der Waals surface area contributed by atoms with Crippen molar-refractivity contribution in [1.29, 1.82) is 0 Å². The fourth-order valence-electron chi connectivity index (χ4n) is 10.6. The van der Waals surface area contributed by atoms with E-state index in [9.17, 15) is 24.9 Å². The number of benzene rings is 3. The van der Waals surface area contributed by atoms with Crippen molar-refractivity contribution < 1.29 is 48.6 Å². The van der Waals surface area contributed by atoms with Gasteiger partial charge in [0.1, 0.15) is 29.9 Å². The number of piperazine rings is 1. The van der Waals surface area contributed by atoms with Gasteiger partial charge in [0.15, 0.2) is 28.8 Å². The summed E-state index contributed by atoms with van der Waals surface area (Å²) in [6.07, 6.45) is 0.102. The number of methoxy groups -OCH3 is 1. The molecule has 15 heteroatoms. The number of nitrogens with one attached hydrogen (secondary N) is 2. The van der Waals surface area contributed by atoms with Crippen LogP contribution in [0.2, 0.25) is 0 Å². The molecule has 4 aromatic rings. The highest BCUT2D eigenvalue weighted by Crippen LogP contribution is 2.64. The minimum Gasteiger partial charge on any atom is -0.508 e. The average molecular weight is 785 g/mol. The van der Waals surface area contributed by atoms with Gasteiger partial charge in [0.05, 0.1) is 37.1 Å². The number of ether oxygens (including phenoxy) is 5. The Morgan fingerprint density at radius 2 is 1.89 bits per heavy atom. The van der Waals surface area contributed by atoms with Gasteiger partial charge in [-0.25, -0.2) is 0 Å². The Balaban J connectivity index is 1.24. The minimum atomic E-state index is -1.23. The number of aromatic nitrogens is 1. The van der Waals surface area contributed by atoms with Crippen molar-refractivity contribution in [3.8, 4) is 34.5 Å². The number of thioether (sulfide) groups is 1. The third-order valence-corrected chi connectivity index (χ3v) is 14.4. The zero-order valence-corrected chi connectivity index (χ0v) is 32.5. The Labute approximate surface area is 327 Å². The molecular formula is C41H44N4O10S. The Kier molecular flexibility index (Phi) is 8.17. The summed E-state index contributed by atoms with van der Waals surface area (Å²) < 4.78 is 30.7. The second-order valence-corrected chi connectivity index (χ2v) is 16.9. The number of hydrogen-bond acceptors (Lipinski definition) is 14. The lowest BCUT2D eigenvalue weighted by Crippen LogP contribution is -2.69. The van der Waals surface area contributed by atoms with Crippen LogP contribution >= 0.6 is 11.8 Å². The van der Waals surface area contributed by atoms with Crippen LogP contribution in [0.4, 0.5) is 0 Å². The van der Waals surface area contributed by atoms with Gasteiger partial charge in [-0.15, -0.1) is 11.8 Å². The molecule has 0 saturated carbocycles. The van der Waals surface area contributed by atoms with E-state index in [0.717, 1.165) is 33.3 Å². The second kappa shape index (κ2) is 12.7. The van der Waals surface area contributed by atoms with Gasteiger partial charge < -0.3 is 44.0 Å². The fourth-order valence-corrected chi connectivity index (χ4v) is 12.4. The summed E-state index contributed by atoms with van der Waals surface area (Å²) in [6, 6.07) is 5.14. The standard InChI is InChI=1S/C41H44N4O10S/c1-17-10-20-11-25-40(50)45-26-13-52-14-27(48)41(39-22(8-9-42-41)23-12-21(47)6-7-24(23)43-39)15-56-38(32(45)31(44(25)4)28(20)33(49)34(17)51-5)30-29(26)37-36(53-16-54-37)18(2)35(30)55-19(3)46/h6-7,10,12,25-26,31-32,38,40,42-43,47,49-50H,8-9,11,13-16H2,1-5H3/t25-,26+,31+,32?,38-,40+,41+/m1/s1. The summed E-state index contributed by atoms with van der Waals surface area (Å²) in [7, 11) is 3.52. The second-order valence-electron chi connectivity index (χ2n) is 15.8. The topological polar surface area (TPSA) is 175 Å². The van der Waals surface area contributed by atoms with Crippen molar-refractivity contribution in [3.63, 3.8) is 0 Å². The number of carbonyl (C=O) groups excluding carboxylic acids is 2. The number of nitrogens with zero attached hydrogens (tertiary/aromatic N) is 2. The van der Waals surface area contributed by atoms with Crippen LogP contribution in [-0.4, -0.2) is 107 Å². The van der Waals surface area contributed by atoms with Gasteiger partial charge in [-0.05, 0) is 68.6 Å². The number of esters is 1. The molecule has 0 amide bonds. The van der Waals surface area contributed by atoms with E-state index in [2.05, 4.69) is 20.1 Å². The van der Waals surface area contributed by atoms with Crippen LogP contribution in [0.15, 0.2) is 24.3 Å². The van der Waals surface area contributed by atoms with Gasteiger partial charge in [0, 0.05) is 64.1 Å². The maximum atomic E-state index is 14.8. The lowest BCUT2D eigenvalue weighted by atomic mass is 9.73. The molecule has 5 N–H and O–H groups in total. The molecule has 7 atom stereocenters. The monoisotopic (exact) mass is 784 g/mol. The molecule has 1 aromatic heterocycles. The van der Waals surface area contributed by atoms with Crippen molar-refractivity contribution >= 4 is 34.4 Å². The van der Waals surface area contributed by atoms with E-state index in [1.54, 1.807) is 19.2 Å². The van der Waals surface area contributed by atoms with Crippen LogP contribution in [0.3, 0.4) is 0 Å². The number of rotatable bonds is 2. The lowest BCUT2D eigenvalue weighted by molar-refractivity contribution is -0.181. The van der Waals surface area contributed by atoms with Crippen LogP contribution in [0.1, 0.15) is 68.9 Å². The van der Waals surface area contributed by atoms with Crippen molar-refractivity contribution in [1.82, 2.24) is 20.1 Å². The molecule has 8 heterocycles. The van der Waals surface area contributed by atoms with E-state index in [-0.39, 0.29) is 49.1 Å². The maximum absolute atomic E-state index is 14.8. The summed E-state index contributed by atoms with van der Waals surface area (Å²) >= 11 is 1.53. The van der Waals surface area contributed by atoms with E-state index in [1.807, 2.05) is 33.0 Å². The molecule has 4 bridgehead atoms. The number of phenolic OH excluding ortho intramolecular Hbond substituents is 2. The quantitative estimate of drug-likeness (QED) is 0.146. The lowest BCUT2D eigenvalue weighted by Gasteiger charge is -2.61. The van der Waals surface area contributed by atoms with Crippen molar-refractivity contribution in [2.45, 2.75) is 74.8 Å². The molecule has 0 aliphatic carbocycles. The molecule has 56 heavy (non-hydrogen) atoms. The Morgan fingerprint density at radius 3 is 2.68 bits per heavy atom. The number of aliphatic hydroxyl groups is 1. The molecular weight excluding hydrogens is 741 g/mol. The predicted octanol–water partition coefficient (Wildman–Crippen LogP) is 3.93. The van der Waals surface area contributed by atoms with E-state index < -0.39 is 41.1 Å². The smallest absolute Gasteiger partial charge is 0.308 e. The zero-order valence-electron chi connectivity index (χ0n) is 31.7. The van der Waals surface area contributed by atoms with Crippen molar-refractivity contribution in [2.24, 2.45) is 0 Å². The van der Waals surface area contributed by atoms with E-state index in [4.69, 9.17) is 23.7 Å². The number of aryl methyl sites for hydroxylation is 1. The SMILES string of the molecule is COc1c(C)cc2c(c1O)[C@H]1C3[C@@H]4SC[C@]5(NCCc6c5[nH]c5ccc(O)cc65)C(=O)COC[C@@H](c5c6c(c(C)c(OC(C)=O)c54)OCO6)N3[C@@H](O)[C@@H](C2)N1C. The number of H-pyrrole nitrogens is 1. The average Bonchev–Trinajstić information content (AvgIpc) is 3.80. The highest BCUT2D eigenvalue weighted by molar-refractivity contribution is 7.99.